The molecule has 1 aromatic heterocycles. The van der Waals surface area contributed by atoms with E-state index in [4.69, 9.17) is 23.2 Å². The molecule has 1 heterocycles. The molecule has 0 atom stereocenters. The van der Waals surface area contributed by atoms with Crippen molar-refractivity contribution in [3.05, 3.63) is 100 Å². The summed E-state index contributed by atoms with van der Waals surface area (Å²) in [7, 11) is 0. The number of hydrogen-bond acceptors (Lipinski definition) is 3. The van der Waals surface area contributed by atoms with Gasteiger partial charge in [-0.2, -0.15) is 5.10 Å². The van der Waals surface area contributed by atoms with E-state index in [1.165, 1.54) is 18.0 Å². The zero-order valence-electron chi connectivity index (χ0n) is 17.5. The highest BCUT2D eigenvalue weighted by molar-refractivity contribution is 7.99. The standard InChI is InChI=1S/C25H20Cl2N4OS/c26-20(14-18-8-2-1-3-9-18)15-28-30-24(32)17-33-25-29-22-12-6-7-13-23(22)31(25)16-19-10-4-5-11-21(19)27/h1-15H,16-17H2,(H,30,32)/p+1. The smallest absolute Gasteiger partial charge is 0.272 e. The van der Waals surface area contributed by atoms with Crippen LogP contribution in [0.15, 0.2) is 94.2 Å². The Morgan fingerprint density at radius 1 is 1.03 bits per heavy atom. The number of hydrazone groups is 1. The highest BCUT2D eigenvalue weighted by Gasteiger charge is 2.21. The summed E-state index contributed by atoms with van der Waals surface area (Å²) in [5, 5.41) is 5.94. The number of thioether (sulfide) groups is 1. The first-order valence-corrected chi connectivity index (χ1v) is 12.0. The van der Waals surface area contributed by atoms with Crippen LogP contribution in [0.1, 0.15) is 11.1 Å². The number of fused-ring (bicyclic) bond motifs is 1. The van der Waals surface area contributed by atoms with Crippen molar-refractivity contribution >= 4 is 64.2 Å². The van der Waals surface area contributed by atoms with Gasteiger partial charge in [-0.05, 0) is 41.6 Å². The van der Waals surface area contributed by atoms with E-state index >= 15 is 0 Å². The largest absolute Gasteiger partial charge is 0.317 e. The summed E-state index contributed by atoms with van der Waals surface area (Å²) in [6, 6.07) is 25.4. The van der Waals surface area contributed by atoms with Crippen LogP contribution >= 0.6 is 35.0 Å². The Labute approximate surface area is 206 Å². The number of benzene rings is 3. The molecule has 166 valence electrons. The van der Waals surface area contributed by atoms with Gasteiger partial charge in [-0.3, -0.25) is 4.79 Å². The Morgan fingerprint density at radius 3 is 2.58 bits per heavy atom. The Morgan fingerprint density at radius 2 is 1.76 bits per heavy atom. The van der Waals surface area contributed by atoms with Crippen LogP contribution in [-0.4, -0.2) is 22.9 Å². The van der Waals surface area contributed by atoms with Gasteiger partial charge in [-0.15, -0.1) is 0 Å². The second-order valence-electron chi connectivity index (χ2n) is 7.15. The van der Waals surface area contributed by atoms with E-state index in [2.05, 4.69) is 20.1 Å². The SMILES string of the molecule is O=C(CSc1[nH]c2ccccc2[n+]1Cc1ccccc1Cl)NN=CC(Cl)=Cc1ccccc1. The summed E-state index contributed by atoms with van der Waals surface area (Å²) in [6.45, 7) is 0.589. The maximum absolute atomic E-state index is 12.3. The average molecular weight is 496 g/mol. The van der Waals surface area contributed by atoms with Gasteiger partial charge in [-0.25, -0.2) is 15.0 Å². The number of aromatic nitrogens is 2. The fourth-order valence-electron chi connectivity index (χ4n) is 3.25. The topological polar surface area (TPSA) is 61.1 Å². The first kappa shape index (κ1) is 23.1. The van der Waals surface area contributed by atoms with Crippen molar-refractivity contribution in [1.29, 1.82) is 0 Å². The minimum absolute atomic E-state index is 0.187. The van der Waals surface area contributed by atoms with Gasteiger partial charge in [0.1, 0.15) is 6.54 Å². The molecule has 33 heavy (non-hydrogen) atoms. The molecule has 0 aliphatic rings. The summed E-state index contributed by atoms with van der Waals surface area (Å²) >= 11 is 13.9. The number of rotatable bonds is 8. The zero-order chi connectivity index (χ0) is 23.0. The maximum atomic E-state index is 12.3. The normalized spacial score (nSPS) is 11.9. The number of nitrogens with zero attached hydrogens (tertiary/aromatic N) is 2. The number of carbonyl (C=O) groups excluding carboxylic acids is 1. The Balaban J connectivity index is 1.42. The summed E-state index contributed by atoms with van der Waals surface area (Å²) in [5.74, 6) is -0.0458. The Kier molecular flexibility index (Phi) is 7.83. The lowest BCUT2D eigenvalue weighted by Gasteiger charge is -2.04. The van der Waals surface area contributed by atoms with Gasteiger partial charge in [-0.1, -0.05) is 83.9 Å². The van der Waals surface area contributed by atoms with Crippen LogP contribution in [0.2, 0.25) is 5.02 Å². The molecule has 0 saturated carbocycles. The van der Waals surface area contributed by atoms with Crippen LogP contribution in [0.5, 0.6) is 0 Å². The molecule has 0 unspecified atom stereocenters. The lowest BCUT2D eigenvalue weighted by atomic mass is 10.2. The molecular formula is C25H21Cl2N4OS+. The lowest BCUT2D eigenvalue weighted by Crippen LogP contribution is -2.36. The molecule has 0 bridgehead atoms. The predicted molar refractivity (Wildman–Crippen MR) is 137 cm³/mol. The van der Waals surface area contributed by atoms with Gasteiger partial charge >= 0.3 is 5.16 Å². The summed E-state index contributed by atoms with van der Waals surface area (Å²) in [4.78, 5) is 15.7. The molecule has 8 heteroatoms. The predicted octanol–water partition coefficient (Wildman–Crippen LogP) is 5.63. The first-order valence-electron chi connectivity index (χ1n) is 10.2. The van der Waals surface area contributed by atoms with E-state index in [0.29, 0.717) is 16.6 Å². The van der Waals surface area contributed by atoms with Gasteiger partial charge in [0.15, 0.2) is 11.0 Å². The third kappa shape index (κ3) is 6.26. The molecular weight excluding hydrogens is 475 g/mol. The number of halogens is 2. The molecule has 0 spiro atoms. The van der Waals surface area contributed by atoms with Gasteiger partial charge in [0.05, 0.1) is 17.0 Å². The minimum atomic E-state index is -0.233. The fourth-order valence-corrected chi connectivity index (χ4v) is 4.46. The summed E-state index contributed by atoms with van der Waals surface area (Å²) < 4.78 is 2.12. The van der Waals surface area contributed by atoms with Crippen LogP contribution in [0.4, 0.5) is 0 Å². The third-order valence-electron chi connectivity index (χ3n) is 4.79. The number of H-pyrrole nitrogens is 1. The van der Waals surface area contributed by atoms with E-state index in [-0.39, 0.29) is 11.7 Å². The Hall–Kier alpha value is -3.06. The molecule has 2 N–H and O–H groups in total. The zero-order valence-corrected chi connectivity index (χ0v) is 19.9. The lowest BCUT2D eigenvalue weighted by molar-refractivity contribution is -0.700. The Bertz CT molecular complexity index is 1320. The van der Waals surface area contributed by atoms with Crippen LogP contribution in [0.3, 0.4) is 0 Å². The molecule has 0 radical (unpaired) electrons. The molecule has 0 fully saturated rings. The van der Waals surface area contributed by atoms with Crippen molar-refractivity contribution in [2.24, 2.45) is 5.10 Å². The van der Waals surface area contributed by atoms with Crippen LogP contribution in [0.25, 0.3) is 17.1 Å². The number of aromatic amines is 1. The summed E-state index contributed by atoms with van der Waals surface area (Å²) in [5.41, 5.74) is 6.51. The fraction of sp³-hybridized carbons (Fsp3) is 0.0800. The van der Waals surface area contributed by atoms with Gasteiger partial charge in [0.25, 0.3) is 5.91 Å². The van der Waals surface area contributed by atoms with E-state index in [0.717, 1.165) is 27.3 Å². The number of allylic oxidation sites excluding steroid dienone is 1. The van der Waals surface area contributed by atoms with E-state index < -0.39 is 0 Å². The van der Waals surface area contributed by atoms with E-state index in [1.807, 2.05) is 78.9 Å². The molecule has 5 nitrogen and oxygen atoms in total. The maximum Gasteiger partial charge on any atom is 0.317 e. The van der Waals surface area contributed by atoms with Crippen LogP contribution in [-0.2, 0) is 11.3 Å². The second kappa shape index (κ2) is 11.2. The third-order valence-corrected chi connectivity index (χ3v) is 6.37. The molecule has 4 rings (SSSR count). The number of carbonyl (C=O) groups is 1. The molecule has 0 saturated heterocycles. The van der Waals surface area contributed by atoms with Crippen molar-refractivity contribution in [1.82, 2.24) is 10.4 Å². The van der Waals surface area contributed by atoms with Crippen LogP contribution < -0.4 is 9.99 Å². The van der Waals surface area contributed by atoms with Gasteiger partial charge < -0.3 is 0 Å². The highest BCUT2D eigenvalue weighted by atomic mass is 35.5. The first-order chi connectivity index (χ1) is 16.1. The number of amides is 1. The monoisotopic (exact) mass is 495 g/mol. The molecule has 4 aromatic rings. The molecule has 0 aliphatic heterocycles. The van der Waals surface area contributed by atoms with Crippen molar-refractivity contribution in [3.63, 3.8) is 0 Å². The number of para-hydroxylation sites is 2. The summed E-state index contributed by atoms with van der Waals surface area (Å²) in [6.07, 6.45) is 3.19. The minimum Gasteiger partial charge on any atom is -0.272 e. The van der Waals surface area contributed by atoms with Crippen molar-refractivity contribution < 1.29 is 9.36 Å². The number of imidazole rings is 1. The average Bonchev–Trinajstić information content (AvgIpc) is 3.17. The number of hydrogen-bond donors (Lipinski definition) is 2. The molecule has 1 amide bonds. The van der Waals surface area contributed by atoms with Gasteiger partial charge in [0, 0.05) is 10.6 Å². The van der Waals surface area contributed by atoms with Crippen molar-refractivity contribution in [2.75, 3.05) is 5.75 Å². The second-order valence-corrected chi connectivity index (χ2v) is 8.95. The van der Waals surface area contributed by atoms with Crippen molar-refractivity contribution in [2.45, 2.75) is 11.7 Å². The highest BCUT2D eigenvalue weighted by Crippen LogP contribution is 2.21. The molecule has 0 aliphatic carbocycles. The van der Waals surface area contributed by atoms with E-state index in [1.54, 1.807) is 6.08 Å². The van der Waals surface area contributed by atoms with E-state index in [9.17, 15) is 4.79 Å². The number of nitrogens with one attached hydrogen (secondary N) is 2. The van der Waals surface area contributed by atoms with Gasteiger partial charge in [0.2, 0.25) is 0 Å². The van der Waals surface area contributed by atoms with Crippen molar-refractivity contribution in [3.8, 4) is 0 Å². The molecule has 3 aromatic carbocycles. The van der Waals surface area contributed by atoms with Crippen LogP contribution in [0, 0.1) is 0 Å². The quantitative estimate of drug-likeness (QED) is 0.144.